The van der Waals surface area contributed by atoms with Crippen molar-refractivity contribution in [3.8, 4) is 0 Å². The van der Waals surface area contributed by atoms with Gasteiger partial charge in [-0.15, -0.1) is 0 Å². The summed E-state index contributed by atoms with van der Waals surface area (Å²) < 4.78 is 10.2. The van der Waals surface area contributed by atoms with Gasteiger partial charge in [0.05, 0.1) is 6.61 Å². The second-order valence-corrected chi connectivity index (χ2v) is 7.81. The van der Waals surface area contributed by atoms with Crippen molar-refractivity contribution < 1.29 is 14.3 Å². The normalized spacial score (nSPS) is 11.1. The first-order chi connectivity index (χ1) is 14.3. The number of carbonyl (C=O) groups is 1. The first-order valence-corrected chi connectivity index (χ1v) is 11.8. The number of carbonyl (C=O) groups excluding carboxylic acids is 1. The van der Waals surface area contributed by atoms with Crippen LogP contribution in [0.4, 0.5) is 4.79 Å². The molecule has 0 bridgehead atoms. The highest BCUT2D eigenvalue weighted by atomic mass is 16.7. The number of rotatable bonds is 18. The van der Waals surface area contributed by atoms with E-state index in [9.17, 15) is 4.79 Å². The first-order valence-electron chi connectivity index (χ1n) is 11.8. The Morgan fingerprint density at radius 2 is 1.28 bits per heavy atom. The van der Waals surface area contributed by atoms with Crippen LogP contribution in [0.3, 0.4) is 0 Å². The summed E-state index contributed by atoms with van der Waals surface area (Å²) in [6, 6.07) is 9.65. The van der Waals surface area contributed by atoms with Crippen LogP contribution in [0.15, 0.2) is 42.5 Å². The minimum Gasteiger partial charge on any atom is -0.434 e. The summed E-state index contributed by atoms with van der Waals surface area (Å²) in [5.74, 6) is 0. The molecule has 0 aliphatic rings. The number of hydrogen-bond acceptors (Lipinski definition) is 3. The van der Waals surface area contributed by atoms with Crippen LogP contribution < -0.4 is 0 Å². The van der Waals surface area contributed by atoms with E-state index in [2.05, 4.69) is 19.1 Å². The van der Waals surface area contributed by atoms with Crippen molar-refractivity contribution in [2.75, 3.05) is 6.61 Å². The average molecular weight is 403 g/mol. The van der Waals surface area contributed by atoms with Crippen molar-refractivity contribution >= 4 is 6.16 Å². The fraction of sp³-hybridized carbons (Fsp3) is 0.654. The molecule has 1 rings (SSSR count). The molecule has 1 aromatic rings. The molecule has 0 aromatic heterocycles. The van der Waals surface area contributed by atoms with E-state index < -0.39 is 6.16 Å². The van der Waals surface area contributed by atoms with Crippen LogP contribution >= 0.6 is 0 Å². The second-order valence-electron chi connectivity index (χ2n) is 7.81. The van der Waals surface area contributed by atoms with E-state index >= 15 is 0 Å². The van der Waals surface area contributed by atoms with E-state index in [0.717, 1.165) is 18.4 Å². The number of allylic oxidation sites excluding steroid dienone is 2. The Hall–Kier alpha value is -1.77. The third kappa shape index (κ3) is 16.9. The second kappa shape index (κ2) is 19.5. The zero-order valence-corrected chi connectivity index (χ0v) is 18.6. The van der Waals surface area contributed by atoms with Gasteiger partial charge in [-0.05, 0) is 37.7 Å². The van der Waals surface area contributed by atoms with Crippen LogP contribution in [-0.2, 0) is 16.1 Å². The van der Waals surface area contributed by atoms with Crippen LogP contribution in [0.5, 0.6) is 0 Å². The van der Waals surface area contributed by atoms with Gasteiger partial charge >= 0.3 is 6.16 Å². The van der Waals surface area contributed by atoms with Gasteiger partial charge in [-0.1, -0.05) is 107 Å². The largest absolute Gasteiger partial charge is 0.508 e. The third-order valence-corrected chi connectivity index (χ3v) is 5.08. The topological polar surface area (TPSA) is 35.5 Å². The van der Waals surface area contributed by atoms with Gasteiger partial charge in [0.15, 0.2) is 0 Å². The van der Waals surface area contributed by atoms with Crippen LogP contribution in [0.25, 0.3) is 0 Å². The quantitative estimate of drug-likeness (QED) is 0.140. The molecule has 3 heteroatoms. The molecule has 0 N–H and O–H groups in total. The molecule has 164 valence electrons. The highest BCUT2D eigenvalue weighted by molar-refractivity contribution is 5.59. The van der Waals surface area contributed by atoms with Gasteiger partial charge in [0.1, 0.15) is 6.61 Å². The Bertz CT molecular complexity index is 510. The predicted molar refractivity (Wildman–Crippen MR) is 122 cm³/mol. The van der Waals surface area contributed by atoms with E-state index in [1.165, 1.54) is 77.0 Å². The lowest BCUT2D eigenvalue weighted by Crippen LogP contribution is -2.08. The molecular formula is C26H42O3. The average Bonchev–Trinajstić information content (AvgIpc) is 2.75. The van der Waals surface area contributed by atoms with E-state index in [1.807, 2.05) is 30.3 Å². The lowest BCUT2D eigenvalue weighted by Gasteiger charge is -2.06. The van der Waals surface area contributed by atoms with Gasteiger partial charge in [-0.25, -0.2) is 4.79 Å². The fourth-order valence-electron chi connectivity index (χ4n) is 3.26. The molecule has 0 spiro atoms. The molecule has 0 saturated carbocycles. The maximum Gasteiger partial charge on any atom is 0.508 e. The van der Waals surface area contributed by atoms with E-state index in [4.69, 9.17) is 9.47 Å². The Kier molecular flexibility index (Phi) is 17.0. The van der Waals surface area contributed by atoms with Gasteiger partial charge in [0.25, 0.3) is 0 Å². The van der Waals surface area contributed by atoms with Crippen molar-refractivity contribution in [1.82, 2.24) is 0 Å². The molecule has 0 atom stereocenters. The summed E-state index contributed by atoms with van der Waals surface area (Å²) >= 11 is 0. The van der Waals surface area contributed by atoms with E-state index in [1.54, 1.807) is 0 Å². The molecule has 0 amide bonds. The number of unbranched alkanes of at least 4 members (excludes halogenated alkanes) is 12. The molecular weight excluding hydrogens is 360 g/mol. The van der Waals surface area contributed by atoms with Crippen molar-refractivity contribution in [2.24, 2.45) is 0 Å². The highest BCUT2D eigenvalue weighted by Gasteiger charge is 2.03. The zero-order valence-electron chi connectivity index (χ0n) is 18.6. The van der Waals surface area contributed by atoms with Crippen molar-refractivity contribution in [3.63, 3.8) is 0 Å². The van der Waals surface area contributed by atoms with Gasteiger partial charge in [-0.3, -0.25) is 0 Å². The van der Waals surface area contributed by atoms with Gasteiger partial charge < -0.3 is 9.47 Å². The molecule has 0 heterocycles. The van der Waals surface area contributed by atoms with Crippen LogP contribution in [-0.4, -0.2) is 12.8 Å². The van der Waals surface area contributed by atoms with Crippen LogP contribution in [0, 0.1) is 0 Å². The Labute approximate surface area is 178 Å². The molecule has 1 aromatic carbocycles. The SMILES string of the molecule is CCCCCCCC/C=C\CCCCCCCCOC(=O)OCc1ccccc1. The maximum atomic E-state index is 11.5. The number of ether oxygens (including phenoxy) is 2. The van der Waals surface area contributed by atoms with Crippen molar-refractivity contribution in [3.05, 3.63) is 48.0 Å². The number of hydrogen-bond donors (Lipinski definition) is 0. The molecule has 0 radical (unpaired) electrons. The summed E-state index contributed by atoms with van der Waals surface area (Å²) in [7, 11) is 0. The van der Waals surface area contributed by atoms with Gasteiger partial charge in [-0.2, -0.15) is 0 Å². The smallest absolute Gasteiger partial charge is 0.434 e. The number of benzene rings is 1. The lowest BCUT2D eigenvalue weighted by atomic mass is 10.1. The fourth-order valence-corrected chi connectivity index (χ4v) is 3.26. The summed E-state index contributed by atoms with van der Waals surface area (Å²) in [5, 5.41) is 0. The molecule has 0 aliphatic carbocycles. The summed E-state index contributed by atoms with van der Waals surface area (Å²) in [5.41, 5.74) is 0.974. The minimum absolute atomic E-state index is 0.271. The van der Waals surface area contributed by atoms with E-state index in [0.29, 0.717) is 6.61 Å². The van der Waals surface area contributed by atoms with Gasteiger partial charge in [0.2, 0.25) is 0 Å². The lowest BCUT2D eigenvalue weighted by molar-refractivity contribution is 0.0487. The third-order valence-electron chi connectivity index (χ3n) is 5.08. The predicted octanol–water partition coefficient (Wildman–Crippen LogP) is 8.38. The molecule has 0 saturated heterocycles. The molecule has 0 aliphatic heterocycles. The monoisotopic (exact) mass is 402 g/mol. The Morgan fingerprint density at radius 1 is 0.724 bits per heavy atom. The van der Waals surface area contributed by atoms with E-state index in [-0.39, 0.29) is 6.61 Å². The Balaban J connectivity index is 1.78. The highest BCUT2D eigenvalue weighted by Crippen LogP contribution is 2.10. The maximum absolute atomic E-state index is 11.5. The summed E-state index contributed by atoms with van der Waals surface area (Å²) in [6.07, 6.45) is 22.0. The Morgan fingerprint density at radius 3 is 1.90 bits per heavy atom. The van der Waals surface area contributed by atoms with Crippen molar-refractivity contribution in [2.45, 2.75) is 103 Å². The molecule has 29 heavy (non-hydrogen) atoms. The molecule has 0 unspecified atom stereocenters. The summed E-state index contributed by atoms with van der Waals surface area (Å²) in [6.45, 7) is 2.99. The molecule has 3 nitrogen and oxygen atoms in total. The van der Waals surface area contributed by atoms with Crippen LogP contribution in [0.1, 0.15) is 102 Å². The zero-order chi connectivity index (χ0) is 20.8. The van der Waals surface area contributed by atoms with Gasteiger partial charge in [0, 0.05) is 0 Å². The summed E-state index contributed by atoms with van der Waals surface area (Å²) in [4.78, 5) is 11.5. The molecule has 0 fully saturated rings. The standard InChI is InChI=1S/C26H42O3/c1-2-3-4-5-6-7-8-9-10-11-12-13-14-15-16-20-23-28-26(27)29-24-25-21-18-17-19-22-25/h9-10,17-19,21-22H,2-8,11-16,20,23-24H2,1H3/b10-9-. The van der Waals surface area contributed by atoms with Crippen LogP contribution in [0.2, 0.25) is 0 Å². The van der Waals surface area contributed by atoms with Crippen molar-refractivity contribution in [1.29, 1.82) is 0 Å². The first kappa shape index (κ1) is 25.3. The minimum atomic E-state index is -0.568.